The Kier molecular flexibility index (Phi) is 5.33. The van der Waals surface area contributed by atoms with E-state index in [1.165, 1.54) is 12.1 Å². The van der Waals surface area contributed by atoms with Crippen LogP contribution >= 0.6 is 23.2 Å². The molecular weight excluding hydrogens is 222 g/mol. The summed E-state index contributed by atoms with van der Waals surface area (Å²) in [5.41, 5.74) is 0.793. The molecule has 0 spiro atoms. The molecule has 0 aliphatic rings. The summed E-state index contributed by atoms with van der Waals surface area (Å²) in [5, 5.41) is 9.32. The van der Waals surface area contributed by atoms with Crippen LogP contribution in [0, 0.1) is 6.92 Å². The minimum absolute atomic E-state index is 0. The summed E-state index contributed by atoms with van der Waals surface area (Å²) in [6, 6.07) is 2.88. The second kappa shape index (κ2) is 5.23. The molecule has 0 amide bonds. The van der Waals surface area contributed by atoms with Crippen LogP contribution in [0.15, 0.2) is 12.1 Å². The number of aryl methyl sites for hydroxylation is 1. The summed E-state index contributed by atoms with van der Waals surface area (Å²) in [7, 11) is 0. The van der Waals surface area contributed by atoms with Gasteiger partial charge >= 0.3 is 35.5 Å². The van der Waals surface area contributed by atoms with Gasteiger partial charge in [-0.25, -0.2) is 4.79 Å². The van der Waals surface area contributed by atoms with E-state index in [4.69, 9.17) is 28.3 Å². The van der Waals surface area contributed by atoms with Crippen LogP contribution in [0.5, 0.6) is 0 Å². The Morgan fingerprint density at radius 2 is 1.77 bits per heavy atom. The van der Waals surface area contributed by atoms with Gasteiger partial charge in [0.05, 0.1) is 15.6 Å². The number of carboxylic acids is 1. The summed E-state index contributed by atoms with van der Waals surface area (Å²) >= 11 is 11.3. The number of rotatable bonds is 1. The molecule has 1 N–H and O–H groups in total. The van der Waals surface area contributed by atoms with E-state index in [1.54, 1.807) is 6.92 Å². The van der Waals surface area contributed by atoms with Gasteiger partial charge in [0.1, 0.15) is 0 Å². The number of carboxylic acid groups (broad SMARTS) is 1. The Balaban J connectivity index is 0.00000144. The zero-order valence-corrected chi connectivity index (χ0v) is 7.78. The third-order valence-corrected chi connectivity index (χ3v) is 2.22. The van der Waals surface area contributed by atoms with Gasteiger partial charge in [-0.2, -0.15) is 0 Å². The maximum atomic E-state index is 10.6. The van der Waals surface area contributed by atoms with Crippen LogP contribution in [0.3, 0.4) is 0 Å². The van der Waals surface area contributed by atoms with Gasteiger partial charge in [-0.05, 0) is 24.6 Å². The van der Waals surface area contributed by atoms with E-state index in [-0.39, 0.29) is 40.1 Å². The summed E-state index contributed by atoms with van der Waals surface area (Å²) in [5.74, 6) is -0.994. The van der Waals surface area contributed by atoms with Crippen molar-refractivity contribution in [3.8, 4) is 0 Å². The molecule has 1 aromatic carbocycles. The molecule has 0 atom stereocenters. The fourth-order valence-electron chi connectivity index (χ4n) is 0.877. The summed E-state index contributed by atoms with van der Waals surface area (Å²) in [6.45, 7) is 1.67. The van der Waals surface area contributed by atoms with Crippen molar-refractivity contribution in [3.05, 3.63) is 33.3 Å². The van der Waals surface area contributed by atoms with Crippen molar-refractivity contribution < 1.29 is 9.90 Å². The van der Waals surface area contributed by atoms with Gasteiger partial charge < -0.3 is 5.11 Å². The fourth-order valence-corrected chi connectivity index (χ4v) is 1.26. The van der Waals surface area contributed by atoms with Crippen molar-refractivity contribution in [2.45, 2.75) is 6.92 Å². The first-order valence-corrected chi connectivity index (χ1v) is 3.97. The molecule has 0 saturated carbocycles. The van der Waals surface area contributed by atoms with Crippen LogP contribution in [0.4, 0.5) is 0 Å². The first-order valence-electron chi connectivity index (χ1n) is 3.21. The molecule has 0 unspecified atom stereocenters. The second-order valence-corrected chi connectivity index (χ2v) is 3.20. The Labute approximate surface area is 108 Å². The quantitative estimate of drug-likeness (QED) is 0.750. The number of halogens is 2. The average molecular weight is 229 g/mol. The van der Waals surface area contributed by atoms with Crippen LogP contribution in [-0.2, 0) is 0 Å². The van der Waals surface area contributed by atoms with E-state index in [9.17, 15) is 4.79 Å². The van der Waals surface area contributed by atoms with Gasteiger partial charge in [0.15, 0.2) is 0 Å². The molecule has 0 bridgehead atoms. The van der Waals surface area contributed by atoms with Crippen molar-refractivity contribution in [3.63, 3.8) is 0 Å². The Morgan fingerprint density at radius 1 is 1.31 bits per heavy atom. The van der Waals surface area contributed by atoms with Crippen molar-refractivity contribution in [2.75, 3.05) is 0 Å². The molecule has 66 valence electrons. The number of benzene rings is 1. The number of aromatic carboxylic acids is 1. The molecule has 1 aromatic rings. The van der Waals surface area contributed by atoms with Crippen LogP contribution < -0.4 is 0 Å². The molecule has 5 heteroatoms. The molecule has 13 heavy (non-hydrogen) atoms. The topological polar surface area (TPSA) is 37.3 Å². The summed E-state index contributed by atoms with van der Waals surface area (Å²) in [4.78, 5) is 10.6. The molecular formula is C8H7Cl2NaO2. The first kappa shape index (κ1) is 13.3. The predicted octanol–water partition coefficient (Wildman–Crippen LogP) is 2.35. The molecule has 0 heterocycles. The summed E-state index contributed by atoms with van der Waals surface area (Å²) < 4.78 is 0. The van der Waals surface area contributed by atoms with Gasteiger partial charge in [-0.15, -0.1) is 0 Å². The summed E-state index contributed by atoms with van der Waals surface area (Å²) in [6.07, 6.45) is 0. The SMILES string of the molecule is Cc1cc(Cl)c(Cl)cc1C(=O)O.[NaH]. The van der Waals surface area contributed by atoms with E-state index >= 15 is 0 Å². The van der Waals surface area contributed by atoms with Crippen LogP contribution in [0.2, 0.25) is 10.0 Å². The zero-order valence-electron chi connectivity index (χ0n) is 6.27. The Hall–Kier alpha value is 0.270. The maximum absolute atomic E-state index is 10.6. The van der Waals surface area contributed by atoms with E-state index in [0.717, 1.165) is 0 Å². The van der Waals surface area contributed by atoms with E-state index in [2.05, 4.69) is 0 Å². The van der Waals surface area contributed by atoms with E-state index in [1.807, 2.05) is 0 Å². The molecule has 0 aliphatic heterocycles. The fraction of sp³-hybridized carbons (Fsp3) is 0.125. The number of hydrogen-bond donors (Lipinski definition) is 1. The van der Waals surface area contributed by atoms with E-state index < -0.39 is 5.97 Å². The van der Waals surface area contributed by atoms with Gasteiger partial charge in [-0.3, -0.25) is 0 Å². The van der Waals surface area contributed by atoms with Crippen LogP contribution in [0.25, 0.3) is 0 Å². The Bertz CT molecular complexity index is 339. The first-order chi connectivity index (χ1) is 5.52. The predicted molar refractivity (Wildman–Crippen MR) is 55.3 cm³/mol. The molecule has 0 fully saturated rings. The third kappa shape index (κ3) is 3.15. The van der Waals surface area contributed by atoms with Crippen LogP contribution in [-0.4, -0.2) is 40.6 Å². The molecule has 0 aromatic heterocycles. The van der Waals surface area contributed by atoms with Gasteiger partial charge in [-0.1, -0.05) is 23.2 Å². The van der Waals surface area contributed by atoms with Gasteiger partial charge in [0.2, 0.25) is 0 Å². The van der Waals surface area contributed by atoms with E-state index in [0.29, 0.717) is 10.6 Å². The second-order valence-electron chi connectivity index (χ2n) is 2.39. The standard InChI is InChI=1S/C8H6Cl2O2.Na.H/c1-4-2-6(9)7(10)3-5(4)8(11)12;;/h2-3H,1H3,(H,11,12);;. The van der Waals surface area contributed by atoms with Crippen molar-refractivity contribution in [2.24, 2.45) is 0 Å². The van der Waals surface area contributed by atoms with Crippen LogP contribution in [0.1, 0.15) is 15.9 Å². The van der Waals surface area contributed by atoms with Crippen molar-refractivity contribution in [1.29, 1.82) is 0 Å². The molecule has 2 nitrogen and oxygen atoms in total. The zero-order chi connectivity index (χ0) is 9.30. The van der Waals surface area contributed by atoms with Gasteiger partial charge in [0, 0.05) is 0 Å². The van der Waals surface area contributed by atoms with Gasteiger partial charge in [0.25, 0.3) is 0 Å². The normalized spacial score (nSPS) is 9.15. The Morgan fingerprint density at radius 3 is 2.23 bits per heavy atom. The molecule has 0 radical (unpaired) electrons. The molecule has 0 aliphatic carbocycles. The minimum atomic E-state index is -0.994. The monoisotopic (exact) mass is 228 g/mol. The van der Waals surface area contributed by atoms with Crippen molar-refractivity contribution >= 4 is 58.7 Å². The number of hydrogen-bond acceptors (Lipinski definition) is 1. The number of carbonyl (C=O) groups is 1. The third-order valence-electron chi connectivity index (χ3n) is 1.50. The van der Waals surface area contributed by atoms with Crippen molar-refractivity contribution in [1.82, 2.24) is 0 Å². The molecule has 1 rings (SSSR count). The average Bonchev–Trinajstić information content (AvgIpc) is 1.96. The molecule has 0 saturated heterocycles.